The molecule has 0 spiro atoms. The molecule has 0 radical (unpaired) electrons. The van der Waals surface area contributed by atoms with Gasteiger partial charge in [0.05, 0.1) is 24.2 Å². The van der Waals surface area contributed by atoms with Gasteiger partial charge in [0, 0.05) is 61.0 Å². The number of nitrogens with one attached hydrogen (secondary N) is 2. The van der Waals surface area contributed by atoms with Gasteiger partial charge in [-0.25, -0.2) is 24.2 Å². The van der Waals surface area contributed by atoms with Crippen LogP contribution in [0.5, 0.6) is 0 Å². The predicted molar refractivity (Wildman–Crippen MR) is 120 cm³/mol. The van der Waals surface area contributed by atoms with E-state index in [9.17, 15) is 14.0 Å². The van der Waals surface area contributed by atoms with E-state index in [1.54, 1.807) is 0 Å². The first-order chi connectivity index (χ1) is 16.6. The van der Waals surface area contributed by atoms with E-state index in [1.807, 2.05) is 28.4 Å². The van der Waals surface area contributed by atoms with Crippen LogP contribution in [0.25, 0.3) is 27.7 Å². The average molecular weight is 462 g/mol. The lowest BCUT2D eigenvalue weighted by Crippen LogP contribution is -2.43. The van der Waals surface area contributed by atoms with Crippen LogP contribution in [0.2, 0.25) is 0 Å². The number of aromatic amines is 1. The van der Waals surface area contributed by atoms with Crippen molar-refractivity contribution in [3.63, 3.8) is 0 Å². The van der Waals surface area contributed by atoms with Crippen LogP contribution in [0.3, 0.4) is 0 Å². The number of oxazole rings is 1. The second kappa shape index (κ2) is 8.07. The Bertz CT molecular complexity index is 1450. The zero-order chi connectivity index (χ0) is 23.2. The first kappa shape index (κ1) is 20.6. The second-order valence-electron chi connectivity index (χ2n) is 8.52. The molecule has 2 atom stereocenters. The summed E-state index contributed by atoms with van der Waals surface area (Å²) in [7, 11) is 0. The van der Waals surface area contributed by atoms with Gasteiger partial charge in [-0.2, -0.15) is 10.2 Å². The van der Waals surface area contributed by atoms with Gasteiger partial charge in [0.25, 0.3) is 6.01 Å². The van der Waals surface area contributed by atoms with Crippen LogP contribution in [0, 0.1) is 28.9 Å². The zero-order valence-electron chi connectivity index (χ0n) is 18.0. The van der Waals surface area contributed by atoms with Crippen molar-refractivity contribution in [3.05, 3.63) is 54.3 Å². The van der Waals surface area contributed by atoms with Crippen LogP contribution < -0.4 is 10.3 Å². The summed E-state index contributed by atoms with van der Waals surface area (Å²) in [5.41, 5.74) is 6.13. The number of hydrogen-bond acceptors (Lipinski definition) is 8. The van der Waals surface area contributed by atoms with Crippen LogP contribution >= 0.6 is 0 Å². The van der Waals surface area contributed by atoms with Crippen LogP contribution in [0.4, 0.5) is 14.8 Å². The van der Waals surface area contributed by atoms with Crippen molar-refractivity contribution < 1.29 is 13.2 Å². The second-order valence-corrected chi connectivity index (χ2v) is 8.52. The molecule has 2 N–H and O–H groups in total. The van der Waals surface area contributed by atoms with Crippen molar-refractivity contribution in [2.75, 3.05) is 24.5 Å². The van der Waals surface area contributed by atoms with Crippen molar-refractivity contribution >= 4 is 33.7 Å². The maximum absolute atomic E-state index is 14.0. The molecular formula is C23H20F2N8O. The molecule has 9 nitrogen and oxygen atoms in total. The Morgan fingerprint density at radius 1 is 1.29 bits per heavy atom. The summed E-state index contributed by atoms with van der Waals surface area (Å²) in [6, 6.07) is 6.37. The first-order valence-electron chi connectivity index (χ1n) is 11.0. The maximum atomic E-state index is 14.0. The molecule has 1 aromatic carbocycles. The lowest BCUT2D eigenvalue weighted by Gasteiger charge is -2.30. The Hall–Kier alpha value is -4.04. The molecule has 11 heteroatoms. The molecule has 3 aromatic heterocycles. The topological polar surface area (TPSA) is 110 Å². The largest absolute Gasteiger partial charge is 0.420 e. The summed E-state index contributed by atoms with van der Waals surface area (Å²) in [6.45, 7) is 1.82. The van der Waals surface area contributed by atoms with E-state index in [-0.39, 0.29) is 29.1 Å². The van der Waals surface area contributed by atoms with E-state index in [0.29, 0.717) is 26.1 Å². The standard InChI is InChI=1S/C23H20F2N8O/c24-15-7-17(25)21-18(8-15)31-23(34-21)32-6-3-13(10-32)19(1-4-26)33-11-14(9-30-33)20-16-2-5-27-22(16)29-12-28-20/h2,5,7-8,11-13,19,30H,1,3,6,9-10H2,(H,27,28,29). The molecule has 34 heavy (non-hydrogen) atoms. The number of hydrogen-bond donors (Lipinski definition) is 2. The molecule has 1 fully saturated rings. The number of hydrazine groups is 1. The highest BCUT2D eigenvalue weighted by molar-refractivity contribution is 5.88. The molecule has 0 saturated carbocycles. The number of nitrogens with zero attached hydrogens (tertiary/aromatic N) is 6. The minimum absolute atomic E-state index is 0.0527. The fourth-order valence-electron chi connectivity index (χ4n) is 4.87. The smallest absolute Gasteiger partial charge is 0.298 e. The predicted octanol–water partition coefficient (Wildman–Crippen LogP) is 3.35. The highest BCUT2D eigenvalue weighted by Crippen LogP contribution is 2.33. The van der Waals surface area contributed by atoms with E-state index in [0.717, 1.165) is 40.9 Å². The average Bonchev–Trinajstić information content (AvgIpc) is 3.62. The Morgan fingerprint density at radius 2 is 2.21 bits per heavy atom. The molecule has 2 aliphatic rings. The Balaban J connectivity index is 1.24. The van der Waals surface area contributed by atoms with Crippen LogP contribution in [-0.2, 0) is 0 Å². The molecule has 0 aliphatic carbocycles. The molecule has 172 valence electrons. The number of anilines is 1. The summed E-state index contributed by atoms with van der Waals surface area (Å²) < 4.78 is 33.2. The van der Waals surface area contributed by atoms with Crippen LogP contribution in [-0.4, -0.2) is 50.6 Å². The van der Waals surface area contributed by atoms with Gasteiger partial charge in [0.1, 0.15) is 23.3 Å². The van der Waals surface area contributed by atoms with E-state index in [4.69, 9.17) is 4.42 Å². The number of rotatable bonds is 5. The lowest BCUT2D eigenvalue weighted by molar-refractivity contribution is 0.170. The minimum atomic E-state index is -0.771. The third kappa shape index (κ3) is 3.43. The van der Waals surface area contributed by atoms with Gasteiger partial charge in [-0.1, -0.05) is 0 Å². The van der Waals surface area contributed by atoms with Crippen LogP contribution in [0.1, 0.15) is 18.5 Å². The van der Waals surface area contributed by atoms with Crippen molar-refractivity contribution in [2.24, 2.45) is 5.92 Å². The van der Waals surface area contributed by atoms with Gasteiger partial charge < -0.3 is 19.3 Å². The van der Waals surface area contributed by atoms with Gasteiger partial charge in [-0.3, -0.25) is 0 Å². The monoisotopic (exact) mass is 462 g/mol. The fourth-order valence-corrected chi connectivity index (χ4v) is 4.87. The first-order valence-corrected chi connectivity index (χ1v) is 11.0. The molecule has 5 heterocycles. The number of halogens is 2. The molecule has 2 aliphatic heterocycles. The van der Waals surface area contributed by atoms with E-state index >= 15 is 0 Å². The normalized spacial score (nSPS) is 19.2. The highest BCUT2D eigenvalue weighted by Gasteiger charge is 2.36. The quantitative estimate of drug-likeness (QED) is 0.465. The van der Waals surface area contributed by atoms with Crippen LogP contribution in [0.15, 0.2) is 41.3 Å². The fraction of sp³-hybridized carbons (Fsp3) is 0.304. The van der Waals surface area contributed by atoms with Crippen molar-refractivity contribution in [3.8, 4) is 6.07 Å². The number of benzene rings is 1. The summed E-state index contributed by atoms with van der Waals surface area (Å²) in [5.74, 6) is -1.33. The number of H-pyrrole nitrogens is 1. The Morgan fingerprint density at radius 3 is 3.09 bits per heavy atom. The van der Waals surface area contributed by atoms with Gasteiger partial charge >= 0.3 is 0 Å². The molecular weight excluding hydrogens is 442 g/mol. The van der Waals surface area contributed by atoms with Gasteiger partial charge in [-0.05, 0) is 12.5 Å². The number of nitriles is 1. The van der Waals surface area contributed by atoms with Crippen molar-refractivity contribution in [1.29, 1.82) is 5.26 Å². The summed E-state index contributed by atoms with van der Waals surface area (Å²) in [5, 5.41) is 12.5. The third-order valence-corrected chi connectivity index (χ3v) is 6.50. The van der Waals surface area contributed by atoms with E-state index in [1.165, 1.54) is 6.33 Å². The highest BCUT2D eigenvalue weighted by atomic mass is 19.1. The van der Waals surface area contributed by atoms with Gasteiger partial charge in [0.2, 0.25) is 0 Å². The van der Waals surface area contributed by atoms with E-state index < -0.39 is 11.6 Å². The Labute approximate surface area is 192 Å². The number of fused-ring (bicyclic) bond motifs is 2. The Kier molecular flexibility index (Phi) is 4.88. The molecule has 2 unspecified atom stereocenters. The summed E-state index contributed by atoms with van der Waals surface area (Å²) >= 11 is 0. The number of aromatic nitrogens is 4. The van der Waals surface area contributed by atoms with Gasteiger partial charge in [0.15, 0.2) is 11.4 Å². The maximum Gasteiger partial charge on any atom is 0.298 e. The van der Waals surface area contributed by atoms with Crippen molar-refractivity contribution in [2.45, 2.75) is 18.9 Å². The van der Waals surface area contributed by atoms with Crippen molar-refractivity contribution in [1.82, 2.24) is 30.4 Å². The molecule has 0 amide bonds. The summed E-state index contributed by atoms with van der Waals surface area (Å²) in [4.78, 5) is 18.0. The zero-order valence-corrected chi connectivity index (χ0v) is 18.0. The summed E-state index contributed by atoms with van der Waals surface area (Å²) in [6.07, 6.45) is 6.51. The van der Waals surface area contributed by atoms with E-state index in [2.05, 4.69) is 31.4 Å². The minimum Gasteiger partial charge on any atom is -0.420 e. The lowest BCUT2D eigenvalue weighted by atomic mass is 9.96. The SMILES string of the molecule is N#CCC(C1CCN(c2nc3cc(F)cc(F)c3o2)C1)N1C=C(c2ncnc3[nH]ccc23)CN1. The molecule has 4 aromatic rings. The molecule has 1 saturated heterocycles. The van der Waals surface area contributed by atoms with Gasteiger partial charge in [-0.15, -0.1) is 0 Å². The molecule has 6 rings (SSSR count). The molecule has 0 bridgehead atoms. The third-order valence-electron chi connectivity index (χ3n) is 6.50.